The van der Waals surface area contributed by atoms with Gasteiger partial charge >= 0.3 is 6.09 Å². The highest BCUT2D eigenvalue weighted by Gasteiger charge is 2.47. The minimum Gasteiger partial charge on any atom is -0.465 e. The fraction of sp³-hybridized carbons (Fsp3) is 0.636. The Hall–Kier alpha value is -1.63. The predicted molar refractivity (Wildman–Crippen MR) is 68.3 cm³/mol. The molecule has 0 atom stereocenters. The summed E-state index contributed by atoms with van der Waals surface area (Å²) in [6.07, 6.45) is 2.50. The molecule has 0 aliphatic carbocycles. The van der Waals surface area contributed by atoms with Gasteiger partial charge in [0.25, 0.3) is 0 Å². The van der Waals surface area contributed by atoms with E-state index >= 15 is 0 Å². The molecule has 0 bridgehead atoms. The normalized spacial score (nSPS) is 21.3. The lowest BCUT2D eigenvalue weighted by atomic mass is 9.72. The zero-order valence-corrected chi connectivity index (χ0v) is 11.0. The molecule has 19 heavy (non-hydrogen) atoms. The van der Waals surface area contributed by atoms with Gasteiger partial charge < -0.3 is 14.9 Å². The monoisotopic (exact) mass is 283 g/mol. The van der Waals surface area contributed by atoms with E-state index in [1.165, 1.54) is 11.2 Å². The molecule has 3 rings (SSSR count). The van der Waals surface area contributed by atoms with Crippen molar-refractivity contribution in [3.63, 3.8) is 0 Å². The van der Waals surface area contributed by atoms with E-state index in [1.54, 1.807) is 0 Å². The molecule has 0 aromatic carbocycles. The van der Waals surface area contributed by atoms with Crippen LogP contribution in [-0.4, -0.2) is 57.2 Å². The maximum atomic E-state index is 10.8. The molecule has 0 saturated carbocycles. The fourth-order valence-electron chi connectivity index (χ4n) is 2.82. The molecular formula is C11H14ClN5O2. The van der Waals surface area contributed by atoms with Crippen molar-refractivity contribution in [1.82, 2.24) is 19.9 Å². The number of nitrogens with zero attached hydrogens (tertiary/aromatic N) is 5. The quantitative estimate of drug-likeness (QED) is 0.831. The van der Waals surface area contributed by atoms with E-state index < -0.39 is 6.09 Å². The first-order valence-corrected chi connectivity index (χ1v) is 6.53. The van der Waals surface area contributed by atoms with Gasteiger partial charge in [-0.1, -0.05) is 0 Å². The van der Waals surface area contributed by atoms with Crippen molar-refractivity contribution in [2.45, 2.75) is 12.8 Å². The molecule has 2 aliphatic heterocycles. The number of hydrogen-bond donors (Lipinski definition) is 1. The highest BCUT2D eigenvalue weighted by atomic mass is 35.5. The molecule has 2 fully saturated rings. The number of carboxylic acid groups (broad SMARTS) is 1. The second kappa shape index (κ2) is 4.48. The molecule has 1 amide bonds. The lowest BCUT2D eigenvalue weighted by Crippen LogP contribution is -2.61. The van der Waals surface area contributed by atoms with Crippen LogP contribution in [0.2, 0.25) is 5.28 Å². The van der Waals surface area contributed by atoms with Crippen LogP contribution in [0.25, 0.3) is 0 Å². The summed E-state index contributed by atoms with van der Waals surface area (Å²) in [7, 11) is 0. The van der Waals surface area contributed by atoms with E-state index in [9.17, 15) is 4.79 Å². The van der Waals surface area contributed by atoms with Gasteiger partial charge in [-0.15, -0.1) is 0 Å². The lowest BCUT2D eigenvalue weighted by Gasteiger charge is -2.52. The Bertz CT molecular complexity index is 496. The topological polar surface area (TPSA) is 82.5 Å². The minimum absolute atomic E-state index is 0.158. The Morgan fingerprint density at radius 1 is 1.32 bits per heavy atom. The van der Waals surface area contributed by atoms with Gasteiger partial charge in [-0.3, -0.25) is 0 Å². The van der Waals surface area contributed by atoms with Crippen LogP contribution in [0.4, 0.5) is 10.7 Å². The summed E-state index contributed by atoms with van der Waals surface area (Å²) >= 11 is 5.75. The third-order valence-electron chi connectivity index (χ3n) is 3.96. The van der Waals surface area contributed by atoms with Gasteiger partial charge in [0.05, 0.1) is 0 Å². The summed E-state index contributed by atoms with van der Waals surface area (Å²) in [5, 5.41) is 9.08. The number of anilines is 1. The number of hydrogen-bond acceptors (Lipinski definition) is 5. The van der Waals surface area contributed by atoms with Crippen LogP contribution >= 0.6 is 11.6 Å². The van der Waals surface area contributed by atoms with Gasteiger partial charge in [-0.25, -0.2) is 14.8 Å². The highest BCUT2D eigenvalue weighted by Crippen LogP contribution is 2.40. The van der Waals surface area contributed by atoms with Gasteiger partial charge in [0.15, 0.2) is 0 Å². The van der Waals surface area contributed by atoms with Crippen LogP contribution in [0.3, 0.4) is 0 Å². The average Bonchev–Trinajstić information content (AvgIpc) is 2.36. The molecule has 1 aromatic heterocycles. The molecule has 1 aromatic rings. The number of amides is 1. The van der Waals surface area contributed by atoms with Crippen LogP contribution in [0.5, 0.6) is 0 Å². The van der Waals surface area contributed by atoms with Gasteiger partial charge in [0, 0.05) is 31.6 Å². The largest absolute Gasteiger partial charge is 0.465 e. The average molecular weight is 284 g/mol. The SMILES string of the molecule is O=C(O)N1CC2(CCN(c3ncnc(Cl)n3)CC2)C1. The van der Waals surface area contributed by atoms with Crippen LogP contribution < -0.4 is 4.90 Å². The van der Waals surface area contributed by atoms with Gasteiger partial charge in [-0.05, 0) is 24.4 Å². The first kappa shape index (κ1) is 12.4. The molecule has 7 nitrogen and oxygen atoms in total. The van der Waals surface area contributed by atoms with Crippen LogP contribution in [0.1, 0.15) is 12.8 Å². The Morgan fingerprint density at radius 2 is 2.00 bits per heavy atom. The van der Waals surface area contributed by atoms with E-state index in [0.717, 1.165) is 25.9 Å². The van der Waals surface area contributed by atoms with Crippen molar-refractivity contribution in [1.29, 1.82) is 0 Å². The third-order valence-corrected chi connectivity index (χ3v) is 4.14. The first-order valence-electron chi connectivity index (χ1n) is 6.15. The van der Waals surface area contributed by atoms with Gasteiger partial charge in [-0.2, -0.15) is 4.98 Å². The molecule has 1 spiro atoms. The van der Waals surface area contributed by atoms with Crippen molar-refractivity contribution in [2.75, 3.05) is 31.1 Å². The summed E-state index contributed by atoms with van der Waals surface area (Å²) in [4.78, 5) is 26.3. The number of likely N-dealkylation sites (tertiary alicyclic amines) is 1. The summed E-state index contributed by atoms with van der Waals surface area (Å²) in [5.74, 6) is 0.601. The zero-order chi connectivity index (χ0) is 13.5. The Morgan fingerprint density at radius 3 is 2.58 bits per heavy atom. The summed E-state index contributed by atoms with van der Waals surface area (Å²) in [6.45, 7) is 2.95. The number of aromatic nitrogens is 3. The second-order valence-corrected chi connectivity index (χ2v) is 5.52. The molecule has 1 N–H and O–H groups in total. The highest BCUT2D eigenvalue weighted by molar-refractivity contribution is 6.28. The molecule has 0 unspecified atom stereocenters. The second-order valence-electron chi connectivity index (χ2n) is 5.18. The van der Waals surface area contributed by atoms with E-state index in [0.29, 0.717) is 19.0 Å². The molecular weight excluding hydrogens is 270 g/mol. The van der Waals surface area contributed by atoms with E-state index in [-0.39, 0.29) is 10.7 Å². The zero-order valence-electron chi connectivity index (χ0n) is 10.3. The molecule has 0 radical (unpaired) electrons. The van der Waals surface area contributed by atoms with E-state index in [2.05, 4.69) is 19.9 Å². The molecule has 3 heterocycles. The third kappa shape index (κ3) is 2.30. The predicted octanol–water partition coefficient (Wildman–Crippen LogP) is 1.11. The van der Waals surface area contributed by atoms with Gasteiger partial charge in [0.1, 0.15) is 6.33 Å². The maximum absolute atomic E-state index is 10.8. The number of piperidine rings is 1. The Labute approximate surface area is 115 Å². The molecule has 8 heteroatoms. The van der Waals surface area contributed by atoms with Crippen molar-refractivity contribution < 1.29 is 9.90 Å². The molecule has 2 aliphatic rings. The first-order chi connectivity index (χ1) is 9.08. The van der Waals surface area contributed by atoms with Crippen LogP contribution in [0.15, 0.2) is 6.33 Å². The van der Waals surface area contributed by atoms with Crippen LogP contribution in [0, 0.1) is 5.41 Å². The Kier molecular flexibility index (Phi) is 2.93. The van der Waals surface area contributed by atoms with Crippen LogP contribution in [-0.2, 0) is 0 Å². The van der Waals surface area contributed by atoms with Crippen molar-refractivity contribution in [2.24, 2.45) is 5.41 Å². The summed E-state index contributed by atoms with van der Waals surface area (Å²) in [6, 6.07) is 0. The number of halogens is 1. The number of carbonyl (C=O) groups is 1. The summed E-state index contributed by atoms with van der Waals surface area (Å²) in [5.41, 5.74) is 0.158. The molecule has 2 saturated heterocycles. The molecule has 102 valence electrons. The maximum Gasteiger partial charge on any atom is 0.407 e. The van der Waals surface area contributed by atoms with Crippen molar-refractivity contribution in [3.8, 4) is 0 Å². The smallest absolute Gasteiger partial charge is 0.407 e. The standard InChI is InChI=1S/C11H14ClN5O2/c12-8-13-7-14-9(15-8)16-3-1-11(2-4-16)5-17(6-11)10(18)19/h7H,1-6H2,(H,18,19). The summed E-state index contributed by atoms with van der Waals surface area (Å²) < 4.78 is 0. The minimum atomic E-state index is -0.822. The van der Waals surface area contributed by atoms with E-state index in [4.69, 9.17) is 16.7 Å². The van der Waals surface area contributed by atoms with Crippen molar-refractivity contribution >= 4 is 23.6 Å². The van der Waals surface area contributed by atoms with Crippen molar-refractivity contribution in [3.05, 3.63) is 11.6 Å². The van der Waals surface area contributed by atoms with E-state index in [1.807, 2.05) is 0 Å². The fourth-order valence-corrected chi connectivity index (χ4v) is 2.94. The Balaban J connectivity index is 1.60. The lowest BCUT2D eigenvalue weighted by molar-refractivity contribution is -0.00653. The number of rotatable bonds is 1. The van der Waals surface area contributed by atoms with Gasteiger partial charge in [0.2, 0.25) is 11.2 Å².